The summed E-state index contributed by atoms with van der Waals surface area (Å²) in [6.07, 6.45) is 3.38. The van der Waals surface area contributed by atoms with Crippen LogP contribution in [0.3, 0.4) is 0 Å². The number of benzene rings is 2. The molecule has 19 heteroatoms. The van der Waals surface area contributed by atoms with E-state index in [1.54, 1.807) is 41.5 Å². The molecule has 2 saturated heterocycles. The molecule has 55 heavy (non-hydrogen) atoms. The van der Waals surface area contributed by atoms with E-state index in [0.29, 0.717) is 0 Å². The SMILES string of the molecule is CC(C)(C)OC(=O)N1CCN(C(=O)/C=C/c2ccc(Sc3ccc(/C=C/C(=O)N4CCN(C(=O)OC(C)(C)C)CC4=O)cc3[N+](=O)[O-])c([N+](=O)[O-])c2)C(=O)C1. The fourth-order valence-electron chi connectivity index (χ4n) is 5.14. The van der Waals surface area contributed by atoms with Crippen LogP contribution in [0.25, 0.3) is 12.2 Å². The number of carbonyl (C=O) groups is 6. The first-order valence-corrected chi connectivity index (χ1v) is 17.7. The van der Waals surface area contributed by atoms with Crippen molar-refractivity contribution in [3.8, 4) is 0 Å². The Kier molecular flexibility index (Phi) is 12.8. The van der Waals surface area contributed by atoms with Gasteiger partial charge in [-0.05, 0) is 77.0 Å². The third kappa shape index (κ3) is 11.4. The Bertz CT molecular complexity index is 1840. The van der Waals surface area contributed by atoms with Gasteiger partial charge in [-0.3, -0.25) is 59.0 Å². The maximum atomic E-state index is 12.8. The minimum atomic E-state index is -0.761. The summed E-state index contributed by atoms with van der Waals surface area (Å²) in [7, 11) is 0. The lowest BCUT2D eigenvalue weighted by Crippen LogP contribution is -2.54. The van der Waals surface area contributed by atoms with Gasteiger partial charge in [0, 0.05) is 50.5 Å². The van der Waals surface area contributed by atoms with Gasteiger partial charge in [-0.2, -0.15) is 0 Å². The first-order chi connectivity index (χ1) is 25.6. The van der Waals surface area contributed by atoms with Crippen LogP contribution in [0.15, 0.2) is 58.3 Å². The molecule has 0 aromatic heterocycles. The summed E-state index contributed by atoms with van der Waals surface area (Å²) in [5.41, 5.74) is -1.84. The van der Waals surface area contributed by atoms with Crippen LogP contribution in [0.5, 0.6) is 0 Å². The van der Waals surface area contributed by atoms with Crippen molar-refractivity contribution in [2.75, 3.05) is 39.3 Å². The molecule has 2 heterocycles. The number of nitrogens with zero attached hydrogens (tertiary/aromatic N) is 6. The molecule has 2 aliphatic rings. The number of amides is 6. The molecule has 2 aromatic carbocycles. The van der Waals surface area contributed by atoms with Crippen LogP contribution >= 0.6 is 11.8 Å². The number of nitro groups is 2. The molecular weight excluding hydrogens is 740 g/mol. The van der Waals surface area contributed by atoms with Gasteiger partial charge in [0.15, 0.2) is 0 Å². The molecule has 0 atom stereocenters. The Labute approximate surface area is 320 Å². The van der Waals surface area contributed by atoms with Crippen LogP contribution in [0, 0.1) is 20.2 Å². The average Bonchev–Trinajstić information content (AvgIpc) is 3.08. The van der Waals surface area contributed by atoms with Crippen molar-refractivity contribution in [1.29, 1.82) is 0 Å². The molecule has 0 bridgehead atoms. The summed E-state index contributed by atoms with van der Waals surface area (Å²) in [6.45, 7) is 9.40. The van der Waals surface area contributed by atoms with E-state index in [1.165, 1.54) is 58.4 Å². The molecular formula is C36H40N6O12S. The van der Waals surface area contributed by atoms with Crippen LogP contribution < -0.4 is 0 Å². The highest BCUT2D eigenvalue weighted by atomic mass is 32.2. The molecule has 2 aromatic rings. The van der Waals surface area contributed by atoms with Crippen molar-refractivity contribution in [3.63, 3.8) is 0 Å². The third-order valence-corrected chi connectivity index (χ3v) is 8.82. The molecule has 0 unspecified atom stereocenters. The van der Waals surface area contributed by atoms with E-state index in [0.717, 1.165) is 33.7 Å². The van der Waals surface area contributed by atoms with Gasteiger partial charge in [0.05, 0.1) is 19.6 Å². The first-order valence-electron chi connectivity index (χ1n) is 16.9. The monoisotopic (exact) mass is 780 g/mol. The molecule has 0 N–H and O–H groups in total. The fourth-order valence-corrected chi connectivity index (χ4v) is 6.13. The maximum absolute atomic E-state index is 12.8. The van der Waals surface area contributed by atoms with Crippen LogP contribution in [-0.2, 0) is 28.7 Å². The molecule has 18 nitrogen and oxygen atoms in total. The first kappa shape index (κ1) is 41.6. The van der Waals surface area contributed by atoms with Gasteiger partial charge in [0.2, 0.25) is 11.8 Å². The zero-order valence-electron chi connectivity index (χ0n) is 31.0. The summed E-state index contributed by atoms with van der Waals surface area (Å²) in [6, 6.07) is 8.02. The molecule has 292 valence electrons. The number of carbonyl (C=O) groups excluding carboxylic acids is 6. The van der Waals surface area contributed by atoms with E-state index < -0.39 is 68.2 Å². The van der Waals surface area contributed by atoms with Crippen LogP contribution in [-0.4, -0.2) is 116 Å². The Morgan fingerprint density at radius 2 is 1.02 bits per heavy atom. The van der Waals surface area contributed by atoms with Crippen molar-refractivity contribution in [2.45, 2.75) is 62.5 Å². The van der Waals surface area contributed by atoms with E-state index in [2.05, 4.69) is 0 Å². The number of piperazine rings is 2. The highest BCUT2D eigenvalue weighted by Crippen LogP contribution is 2.40. The third-order valence-electron chi connectivity index (χ3n) is 7.69. The van der Waals surface area contributed by atoms with Gasteiger partial charge in [-0.1, -0.05) is 23.9 Å². The van der Waals surface area contributed by atoms with Crippen molar-refractivity contribution >= 4 is 71.1 Å². The summed E-state index contributed by atoms with van der Waals surface area (Å²) in [4.78, 5) is 103. The van der Waals surface area contributed by atoms with E-state index in [-0.39, 0.29) is 60.2 Å². The Morgan fingerprint density at radius 3 is 1.33 bits per heavy atom. The second kappa shape index (κ2) is 16.9. The normalized spacial score (nSPS) is 15.5. The predicted octanol–water partition coefficient (Wildman–Crippen LogP) is 4.89. The van der Waals surface area contributed by atoms with Gasteiger partial charge in [0.1, 0.15) is 24.3 Å². The average molecular weight is 781 g/mol. The van der Waals surface area contributed by atoms with Crippen molar-refractivity contribution in [1.82, 2.24) is 19.6 Å². The highest BCUT2D eigenvalue weighted by molar-refractivity contribution is 7.99. The molecule has 0 radical (unpaired) electrons. The Morgan fingerprint density at radius 1 is 0.655 bits per heavy atom. The van der Waals surface area contributed by atoms with E-state index in [9.17, 15) is 49.0 Å². The topological polar surface area (TPSA) is 220 Å². The predicted molar refractivity (Wildman–Crippen MR) is 197 cm³/mol. The van der Waals surface area contributed by atoms with Gasteiger partial charge >= 0.3 is 12.2 Å². The number of hydrogen-bond donors (Lipinski definition) is 0. The van der Waals surface area contributed by atoms with E-state index in [1.807, 2.05) is 0 Å². The van der Waals surface area contributed by atoms with Gasteiger partial charge < -0.3 is 9.47 Å². The second-order valence-electron chi connectivity index (χ2n) is 14.3. The minimum Gasteiger partial charge on any atom is -0.444 e. The smallest absolute Gasteiger partial charge is 0.410 e. The van der Waals surface area contributed by atoms with Crippen LogP contribution in [0.2, 0.25) is 0 Å². The largest absolute Gasteiger partial charge is 0.444 e. The maximum Gasteiger partial charge on any atom is 0.410 e. The van der Waals surface area contributed by atoms with Crippen molar-refractivity contribution < 1.29 is 48.1 Å². The second-order valence-corrected chi connectivity index (χ2v) is 15.4. The van der Waals surface area contributed by atoms with E-state index >= 15 is 0 Å². The lowest BCUT2D eigenvalue weighted by atomic mass is 10.1. The fraction of sp³-hybridized carbons (Fsp3) is 0.389. The number of imide groups is 2. The summed E-state index contributed by atoms with van der Waals surface area (Å²) >= 11 is 0.765. The summed E-state index contributed by atoms with van der Waals surface area (Å²) < 4.78 is 10.6. The standard InChI is InChI=1S/C36H40N6O12S/c1-35(2,3)53-33(47)37-15-17-39(31(45)21-37)29(43)13-9-23-7-11-27(25(19-23)41(49)50)55-28-12-8-24(20-26(28)42(51)52)10-14-30(44)40-18-16-38(22-32(40)46)34(48)54-36(4,5)6/h7-14,19-20H,15-18,21-22H2,1-6H3/b13-9+,14-10+. The number of nitro benzene ring substituents is 2. The van der Waals surface area contributed by atoms with Crippen LogP contribution in [0.4, 0.5) is 21.0 Å². The van der Waals surface area contributed by atoms with Gasteiger partial charge in [-0.25, -0.2) is 9.59 Å². The Balaban J connectivity index is 1.42. The van der Waals surface area contributed by atoms with Gasteiger partial charge in [0.25, 0.3) is 23.2 Å². The molecule has 0 saturated carbocycles. The molecule has 4 rings (SSSR count). The van der Waals surface area contributed by atoms with Crippen LogP contribution in [0.1, 0.15) is 52.7 Å². The van der Waals surface area contributed by atoms with E-state index in [4.69, 9.17) is 9.47 Å². The minimum absolute atomic E-state index is 0.0625. The summed E-state index contributed by atoms with van der Waals surface area (Å²) in [5.74, 6) is -2.61. The number of rotatable bonds is 8. The van der Waals surface area contributed by atoms with Crippen molar-refractivity contribution in [3.05, 3.63) is 79.9 Å². The lowest BCUT2D eigenvalue weighted by Gasteiger charge is -2.33. The number of hydrogen-bond acceptors (Lipinski definition) is 13. The highest BCUT2D eigenvalue weighted by Gasteiger charge is 2.34. The molecule has 6 amide bonds. The van der Waals surface area contributed by atoms with Crippen molar-refractivity contribution in [2.24, 2.45) is 0 Å². The molecule has 0 spiro atoms. The molecule has 2 aliphatic heterocycles. The molecule has 2 fully saturated rings. The summed E-state index contributed by atoms with van der Waals surface area (Å²) in [5, 5.41) is 24.0. The lowest BCUT2D eigenvalue weighted by molar-refractivity contribution is -0.388. The zero-order chi connectivity index (χ0) is 40.8. The quantitative estimate of drug-likeness (QED) is 0.198. The molecule has 0 aliphatic carbocycles. The zero-order valence-corrected chi connectivity index (χ0v) is 31.8. The van der Waals surface area contributed by atoms with Gasteiger partial charge in [-0.15, -0.1) is 0 Å². The number of ether oxygens (including phenoxy) is 2. The Hall–Kier alpha value is -6.11.